The minimum atomic E-state index is -0.348. The molecule has 1 aromatic carbocycles. The van der Waals surface area contributed by atoms with Crippen molar-refractivity contribution in [1.29, 1.82) is 5.41 Å². The van der Waals surface area contributed by atoms with Crippen LogP contribution in [0.25, 0.3) is 0 Å². The van der Waals surface area contributed by atoms with Gasteiger partial charge in [0.25, 0.3) is 5.91 Å². The smallest absolute Gasteiger partial charge is 0.256 e. The van der Waals surface area contributed by atoms with Gasteiger partial charge in [0.2, 0.25) is 11.8 Å². The summed E-state index contributed by atoms with van der Waals surface area (Å²) in [5, 5.41) is 23.1. The van der Waals surface area contributed by atoms with Gasteiger partial charge in [0.15, 0.2) is 0 Å². The molecule has 3 aromatic rings. The Labute approximate surface area is 229 Å². The molecule has 0 radical (unpaired) electrons. The van der Waals surface area contributed by atoms with Gasteiger partial charge in [0.05, 0.1) is 0 Å². The predicted octanol–water partition coefficient (Wildman–Crippen LogP) is 4.47. The van der Waals surface area contributed by atoms with E-state index in [0.717, 1.165) is 31.6 Å². The number of piperidine rings is 1. The molecule has 2 aromatic heterocycles. The molecular formula is C28H37N9O2. The zero-order valence-corrected chi connectivity index (χ0v) is 22.7. The molecule has 6 N–H and O–H groups in total. The van der Waals surface area contributed by atoms with Crippen LogP contribution >= 0.6 is 0 Å². The summed E-state index contributed by atoms with van der Waals surface area (Å²) in [6.45, 7) is 9.72. The number of hydrogen-bond acceptors (Lipinski definition) is 10. The second-order valence-corrected chi connectivity index (χ2v) is 8.35. The zero-order chi connectivity index (χ0) is 28.0. The molecule has 1 atom stereocenters. The van der Waals surface area contributed by atoms with E-state index in [-0.39, 0.29) is 29.3 Å². The van der Waals surface area contributed by atoms with Gasteiger partial charge < -0.3 is 36.7 Å². The standard InChI is InChI=1S/C26H31N9O2.C2H6/c1-3-11-30-25(36)20-16-31-26(32-18-9-10-21(28-2)17(13-18)14-27)35-24(20)34-22-7-4-8-23(33-22)37-19-6-5-12-29-15-19;1-2/h3-4,7-10,13-14,16,19,27-29H,1,5-6,11-12,15H2,2H3,(H,30,36)(H2,31,32,33,34,35);1-2H3. The third kappa shape index (κ3) is 8.24. The number of ether oxygens (including phenoxy) is 1. The minimum absolute atomic E-state index is 0.0618. The molecule has 1 aliphatic rings. The van der Waals surface area contributed by atoms with Crippen molar-refractivity contribution in [2.75, 3.05) is 42.6 Å². The Kier molecular flexibility index (Phi) is 11.2. The maximum Gasteiger partial charge on any atom is 0.256 e. The molecule has 1 amide bonds. The lowest BCUT2D eigenvalue weighted by Crippen LogP contribution is -2.37. The van der Waals surface area contributed by atoms with E-state index < -0.39 is 0 Å². The number of carbonyl (C=O) groups excluding carboxylic acids is 1. The summed E-state index contributed by atoms with van der Waals surface area (Å²) in [5.74, 6) is 1.18. The maximum absolute atomic E-state index is 12.8. The van der Waals surface area contributed by atoms with Crippen LogP contribution in [0.15, 0.2) is 55.3 Å². The number of benzene rings is 1. The number of pyridine rings is 1. The van der Waals surface area contributed by atoms with E-state index in [9.17, 15) is 4.79 Å². The third-order valence-electron chi connectivity index (χ3n) is 5.68. The van der Waals surface area contributed by atoms with E-state index >= 15 is 0 Å². The summed E-state index contributed by atoms with van der Waals surface area (Å²) in [4.78, 5) is 26.2. The predicted molar refractivity (Wildman–Crippen MR) is 157 cm³/mol. The molecule has 1 aliphatic heterocycles. The molecule has 3 heterocycles. The Morgan fingerprint density at radius 1 is 1.23 bits per heavy atom. The van der Waals surface area contributed by atoms with Gasteiger partial charge in [0.1, 0.15) is 23.3 Å². The summed E-state index contributed by atoms with van der Waals surface area (Å²) in [6, 6.07) is 10.9. The van der Waals surface area contributed by atoms with Gasteiger partial charge in [-0.3, -0.25) is 4.79 Å². The van der Waals surface area contributed by atoms with Crippen LogP contribution in [0, 0.1) is 5.41 Å². The average molecular weight is 532 g/mol. The quantitative estimate of drug-likeness (QED) is 0.156. The van der Waals surface area contributed by atoms with Crippen molar-refractivity contribution in [2.45, 2.75) is 32.8 Å². The first-order valence-electron chi connectivity index (χ1n) is 13.1. The van der Waals surface area contributed by atoms with E-state index in [1.807, 2.05) is 38.1 Å². The van der Waals surface area contributed by atoms with E-state index in [4.69, 9.17) is 10.1 Å². The van der Waals surface area contributed by atoms with Crippen LogP contribution in [0.2, 0.25) is 0 Å². The summed E-state index contributed by atoms with van der Waals surface area (Å²) >= 11 is 0. The van der Waals surface area contributed by atoms with Crippen LogP contribution in [0.4, 0.5) is 29.0 Å². The highest BCUT2D eigenvalue weighted by Crippen LogP contribution is 2.24. The summed E-state index contributed by atoms with van der Waals surface area (Å²) in [7, 11) is 1.80. The van der Waals surface area contributed by atoms with E-state index in [2.05, 4.69) is 48.1 Å². The zero-order valence-electron chi connectivity index (χ0n) is 22.7. The summed E-state index contributed by atoms with van der Waals surface area (Å²) in [5.41, 5.74) is 2.49. The SMILES string of the molecule is C=CCNC(=O)c1cnc(Nc2ccc(NC)c(C=N)c2)nc1Nc1cccc(OC2CCCNC2)n1.CC. The van der Waals surface area contributed by atoms with Gasteiger partial charge in [-0.05, 0) is 43.7 Å². The Morgan fingerprint density at radius 3 is 2.79 bits per heavy atom. The maximum atomic E-state index is 12.8. The molecule has 0 saturated carbocycles. The molecule has 1 saturated heterocycles. The largest absolute Gasteiger partial charge is 0.473 e. The van der Waals surface area contributed by atoms with Crippen molar-refractivity contribution >= 4 is 41.1 Å². The normalized spacial score (nSPS) is 14.2. The number of amides is 1. The molecule has 0 aliphatic carbocycles. The van der Waals surface area contributed by atoms with E-state index in [1.165, 1.54) is 12.4 Å². The van der Waals surface area contributed by atoms with Crippen molar-refractivity contribution in [3.63, 3.8) is 0 Å². The Hall–Kier alpha value is -4.51. The van der Waals surface area contributed by atoms with Crippen molar-refractivity contribution in [3.8, 4) is 5.88 Å². The lowest BCUT2D eigenvalue weighted by Gasteiger charge is -2.23. The average Bonchev–Trinajstić information content (AvgIpc) is 2.97. The van der Waals surface area contributed by atoms with Crippen LogP contribution < -0.4 is 31.3 Å². The van der Waals surface area contributed by atoms with Gasteiger partial charge in [-0.1, -0.05) is 26.0 Å². The molecule has 4 rings (SSSR count). The van der Waals surface area contributed by atoms with Gasteiger partial charge in [0, 0.05) is 55.6 Å². The van der Waals surface area contributed by atoms with Gasteiger partial charge in [-0.2, -0.15) is 9.97 Å². The summed E-state index contributed by atoms with van der Waals surface area (Å²) < 4.78 is 6.04. The molecule has 1 fully saturated rings. The molecule has 1 unspecified atom stereocenters. The molecular weight excluding hydrogens is 494 g/mol. The molecule has 0 bridgehead atoms. The second-order valence-electron chi connectivity index (χ2n) is 8.35. The van der Waals surface area contributed by atoms with Crippen molar-refractivity contribution in [2.24, 2.45) is 0 Å². The fourth-order valence-electron chi connectivity index (χ4n) is 3.84. The Morgan fingerprint density at radius 2 is 2.08 bits per heavy atom. The molecule has 0 spiro atoms. The number of carbonyl (C=O) groups is 1. The minimum Gasteiger partial charge on any atom is -0.473 e. The van der Waals surface area contributed by atoms with Crippen LogP contribution in [-0.4, -0.2) is 59.9 Å². The fraction of sp³-hybridized carbons (Fsp3) is 0.321. The van der Waals surface area contributed by atoms with E-state index in [1.54, 1.807) is 25.3 Å². The number of aromatic nitrogens is 3. The Bertz CT molecular complexity index is 1260. The summed E-state index contributed by atoms with van der Waals surface area (Å²) in [6.07, 6.45) is 6.40. The van der Waals surface area contributed by atoms with Gasteiger partial charge in [-0.25, -0.2) is 4.98 Å². The number of nitrogens with zero attached hydrogens (tertiary/aromatic N) is 3. The van der Waals surface area contributed by atoms with E-state index in [0.29, 0.717) is 29.5 Å². The highest BCUT2D eigenvalue weighted by Gasteiger charge is 2.18. The monoisotopic (exact) mass is 531 g/mol. The van der Waals surface area contributed by atoms with Crippen LogP contribution in [0.5, 0.6) is 5.88 Å². The lowest BCUT2D eigenvalue weighted by molar-refractivity contribution is 0.0958. The molecule has 11 heteroatoms. The molecule has 11 nitrogen and oxygen atoms in total. The van der Waals surface area contributed by atoms with Crippen LogP contribution in [0.3, 0.4) is 0 Å². The highest BCUT2D eigenvalue weighted by molar-refractivity contribution is 5.99. The van der Waals surface area contributed by atoms with Gasteiger partial charge in [-0.15, -0.1) is 6.58 Å². The van der Waals surface area contributed by atoms with Gasteiger partial charge >= 0.3 is 0 Å². The van der Waals surface area contributed by atoms with Crippen molar-refractivity contribution in [3.05, 3.63) is 66.4 Å². The molecule has 206 valence electrons. The molecule has 39 heavy (non-hydrogen) atoms. The van der Waals surface area contributed by atoms with Crippen LogP contribution in [0.1, 0.15) is 42.6 Å². The number of rotatable bonds is 11. The third-order valence-corrected chi connectivity index (χ3v) is 5.68. The van der Waals surface area contributed by atoms with Crippen molar-refractivity contribution < 1.29 is 9.53 Å². The first-order chi connectivity index (χ1) is 19.1. The lowest BCUT2D eigenvalue weighted by atomic mass is 10.1. The first-order valence-corrected chi connectivity index (χ1v) is 13.1. The number of anilines is 5. The Balaban J connectivity index is 0.00000205. The number of nitrogens with one attached hydrogen (secondary N) is 6. The fourth-order valence-corrected chi connectivity index (χ4v) is 3.84. The highest BCUT2D eigenvalue weighted by atomic mass is 16.5. The second kappa shape index (κ2) is 15.0. The first kappa shape index (κ1) is 29.1. The topological polar surface area (TPSA) is 149 Å². The van der Waals surface area contributed by atoms with Crippen LogP contribution in [-0.2, 0) is 0 Å². The number of hydrogen-bond donors (Lipinski definition) is 6. The van der Waals surface area contributed by atoms with Crippen molar-refractivity contribution in [1.82, 2.24) is 25.6 Å².